The summed E-state index contributed by atoms with van der Waals surface area (Å²) in [6, 6.07) is 14.1. The molecule has 2 amide bonds. The van der Waals surface area contributed by atoms with Gasteiger partial charge in [0.25, 0.3) is 5.91 Å². The molecule has 2 aliphatic rings. The molecule has 1 spiro atoms. The number of hydrogen-bond donors (Lipinski definition) is 4. The number of ether oxygens (including phenoxy) is 1. The average Bonchev–Trinajstić information content (AvgIpc) is 3.51. The Morgan fingerprint density at radius 2 is 1.92 bits per heavy atom. The van der Waals surface area contributed by atoms with Crippen molar-refractivity contribution < 1.29 is 24.2 Å². The number of hydrogen-bond acceptors (Lipinski definition) is 6. The number of carbonyl (C=O) groups is 3. The number of carboxylic acid groups (broad SMARTS) is 1. The Morgan fingerprint density at radius 3 is 2.65 bits per heavy atom. The smallest absolute Gasteiger partial charge is 0.407 e. The molecule has 0 saturated carbocycles. The van der Waals surface area contributed by atoms with Crippen LogP contribution in [-0.2, 0) is 4.79 Å². The van der Waals surface area contributed by atoms with Crippen molar-refractivity contribution in [3.05, 3.63) is 77.1 Å². The lowest BCUT2D eigenvalue weighted by Gasteiger charge is -2.35. The second kappa shape index (κ2) is 8.52. The summed E-state index contributed by atoms with van der Waals surface area (Å²) in [4.78, 5) is 46.6. The maximum atomic E-state index is 13.6. The number of likely N-dealkylation sites (tertiary alicyclic amines) is 1. The summed E-state index contributed by atoms with van der Waals surface area (Å²) in [5.41, 5.74) is 0.780. The summed E-state index contributed by atoms with van der Waals surface area (Å²) >= 11 is 6.50. The van der Waals surface area contributed by atoms with Crippen LogP contribution in [0.25, 0.3) is 11.0 Å². The lowest BCUT2D eigenvalue weighted by atomic mass is 9.92. The summed E-state index contributed by atoms with van der Waals surface area (Å²) in [5.74, 6) is 0.443. The molecule has 11 heteroatoms. The largest absolute Gasteiger partial charge is 0.465 e. The molecular formula is C26H20ClN5O5. The molecule has 1 atom stereocenters. The first-order valence-electron chi connectivity index (χ1n) is 11.5. The number of pyridine rings is 1. The number of nitrogens with zero attached hydrogens (tertiary/aromatic N) is 2. The highest BCUT2D eigenvalue weighted by Gasteiger charge is 2.49. The van der Waals surface area contributed by atoms with Crippen LogP contribution >= 0.6 is 11.6 Å². The second-order valence-electron chi connectivity index (χ2n) is 8.97. The fourth-order valence-corrected chi connectivity index (χ4v) is 5.07. The minimum atomic E-state index is -1.15. The molecule has 37 heavy (non-hydrogen) atoms. The van der Waals surface area contributed by atoms with E-state index in [1.807, 2.05) is 30.3 Å². The van der Waals surface area contributed by atoms with Crippen LogP contribution in [0.15, 0.2) is 60.9 Å². The number of nitrogens with one attached hydrogen (secondary N) is 3. The number of aromatic amines is 1. The molecule has 6 rings (SSSR count). The molecule has 0 bridgehead atoms. The highest BCUT2D eigenvalue weighted by atomic mass is 35.5. The number of H-pyrrole nitrogens is 1. The molecule has 0 aliphatic carbocycles. The van der Waals surface area contributed by atoms with Gasteiger partial charge >= 0.3 is 6.09 Å². The van der Waals surface area contributed by atoms with Crippen LogP contribution in [0.2, 0.25) is 5.02 Å². The highest BCUT2D eigenvalue weighted by Crippen LogP contribution is 2.41. The van der Waals surface area contributed by atoms with Crippen molar-refractivity contribution in [2.24, 2.45) is 0 Å². The van der Waals surface area contributed by atoms with E-state index in [0.717, 1.165) is 0 Å². The first-order valence-corrected chi connectivity index (χ1v) is 11.9. The van der Waals surface area contributed by atoms with E-state index in [2.05, 4.69) is 20.6 Å². The number of benzene rings is 2. The Labute approximate surface area is 215 Å². The van der Waals surface area contributed by atoms with Gasteiger partial charge in [0, 0.05) is 24.4 Å². The number of halogens is 1. The van der Waals surface area contributed by atoms with Crippen LogP contribution < -0.4 is 15.4 Å². The summed E-state index contributed by atoms with van der Waals surface area (Å²) in [5, 5.41) is 16.2. The number of anilines is 2. The molecule has 2 aliphatic heterocycles. The van der Waals surface area contributed by atoms with Gasteiger partial charge in [-0.2, -0.15) is 0 Å². The van der Waals surface area contributed by atoms with Gasteiger partial charge in [-0.25, -0.2) is 9.78 Å². The number of carbonyl (C=O) groups excluding carboxylic acids is 2. The number of rotatable bonds is 4. The summed E-state index contributed by atoms with van der Waals surface area (Å²) in [6.07, 6.45) is 2.24. The summed E-state index contributed by atoms with van der Waals surface area (Å²) in [7, 11) is 0. The molecule has 1 fully saturated rings. The molecule has 186 valence electrons. The third-order valence-corrected chi connectivity index (χ3v) is 7.01. The third kappa shape index (κ3) is 3.82. The Hall–Kier alpha value is -4.57. The third-order valence-electron chi connectivity index (χ3n) is 6.70. The van der Waals surface area contributed by atoms with E-state index in [1.54, 1.807) is 24.4 Å². The van der Waals surface area contributed by atoms with Gasteiger partial charge in [-0.05, 0) is 30.7 Å². The SMILES string of the molecule is O=C(c1ccc(Oc2ccccc2)cc1Cl)c1c[nH]c2ncc3c(c12)NC1(CCN(C(=O)O)C1)C(=O)N3. The van der Waals surface area contributed by atoms with Crippen molar-refractivity contribution in [1.82, 2.24) is 14.9 Å². The minimum Gasteiger partial charge on any atom is -0.465 e. The molecule has 10 nitrogen and oxygen atoms in total. The predicted octanol–water partition coefficient (Wildman–Crippen LogP) is 4.73. The van der Waals surface area contributed by atoms with Gasteiger partial charge in [0.2, 0.25) is 0 Å². The van der Waals surface area contributed by atoms with Crippen LogP contribution in [0.3, 0.4) is 0 Å². The zero-order valence-corrected chi connectivity index (χ0v) is 20.0. The van der Waals surface area contributed by atoms with E-state index in [1.165, 1.54) is 11.1 Å². The van der Waals surface area contributed by atoms with Crippen LogP contribution in [-0.4, -0.2) is 56.4 Å². The van der Waals surface area contributed by atoms with Crippen molar-refractivity contribution in [3.8, 4) is 11.5 Å². The van der Waals surface area contributed by atoms with Crippen LogP contribution in [0.1, 0.15) is 22.3 Å². The molecular weight excluding hydrogens is 498 g/mol. The van der Waals surface area contributed by atoms with Crippen molar-refractivity contribution in [2.75, 3.05) is 23.7 Å². The highest BCUT2D eigenvalue weighted by molar-refractivity contribution is 6.36. The number of ketones is 1. The van der Waals surface area contributed by atoms with Gasteiger partial charge < -0.3 is 30.4 Å². The predicted molar refractivity (Wildman–Crippen MR) is 137 cm³/mol. The van der Waals surface area contributed by atoms with E-state index in [4.69, 9.17) is 16.3 Å². The fourth-order valence-electron chi connectivity index (χ4n) is 4.81. The Morgan fingerprint density at radius 1 is 1.11 bits per heavy atom. The van der Waals surface area contributed by atoms with Crippen molar-refractivity contribution in [3.63, 3.8) is 0 Å². The van der Waals surface area contributed by atoms with Gasteiger partial charge in [-0.15, -0.1) is 0 Å². The van der Waals surface area contributed by atoms with Crippen LogP contribution in [0.4, 0.5) is 16.2 Å². The van der Waals surface area contributed by atoms with E-state index in [-0.39, 0.29) is 41.8 Å². The summed E-state index contributed by atoms with van der Waals surface area (Å²) in [6.45, 7) is 0.199. The van der Waals surface area contributed by atoms with Gasteiger partial charge in [0.1, 0.15) is 22.7 Å². The monoisotopic (exact) mass is 517 g/mol. The van der Waals surface area contributed by atoms with Gasteiger partial charge in [0.15, 0.2) is 5.78 Å². The van der Waals surface area contributed by atoms with E-state index in [9.17, 15) is 19.5 Å². The van der Waals surface area contributed by atoms with Gasteiger partial charge in [0.05, 0.1) is 40.1 Å². The molecule has 4 N–H and O–H groups in total. The molecule has 2 aromatic heterocycles. The normalized spacial score (nSPS) is 18.4. The summed E-state index contributed by atoms with van der Waals surface area (Å²) < 4.78 is 5.81. The second-order valence-corrected chi connectivity index (χ2v) is 9.38. The fraction of sp³-hybridized carbons (Fsp3) is 0.154. The van der Waals surface area contributed by atoms with Crippen molar-refractivity contribution >= 4 is 51.8 Å². The molecule has 2 aromatic carbocycles. The average molecular weight is 518 g/mol. The Balaban J connectivity index is 1.36. The molecule has 4 heterocycles. The zero-order chi connectivity index (χ0) is 25.7. The quantitative estimate of drug-likeness (QED) is 0.287. The molecule has 4 aromatic rings. The molecule has 1 unspecified atom stereocenters. The Kier molecular flexibility index (Phi) is 5.27. The maximum Gasteiger partial charge on any atom is 0.407 e. The molecule has 1 saturated heterocycles. The Bertz CT molecular complexity index is 1590. The maximum absolute atomic E-state index is 13.6. The van der Waals surface area contributed by atoms with Crippen LogP contribution in [0.5, 0.6) is 11.5 Å². The number of aromatic nitrogens is 2. The van der Waals surface area contributed by atoms with Crippen molar-refractivity contribution in [2.45, 2.75) is 12.0 Å². The standard InChI is InChI=1S/C26H20ClN5O5/c27-18-10-15(37-14-4-2-1-3-5-14)6-7-16(18)22(33)17-11-28-23-20(17)21-19(12-29-23)30-24(34)26(31-21)8-9-32(13-26)25(35)36/h1-7,10-12,31H,8-9,13H2,(H,28,29)(H,30,34)(H,35,36). The minimum absolute atomic E-state index is 0.0141. The van der Waals surface area contributed by atoms with E-state index >= 15 is 0 Å². The number of para-hydroxylation sites is 1. The number of fused-ring (bicyclic) bond motifs is 3. The van der Waals surface area contributed by atoms with E-state index in [0.29, 0.717) is 39.5 Å². The lowest BCUT2D eigenvalue weighted by molar-refractivity contribution is -0.120. The van der Waals surface area contributed by atoms with Crippen molar-refractivity contribution in [1.29, 1.82) is 0 Å². The first-order chi connectivity index (χ1) is 17.8. The van der Waals surface area contributed by atoms with Gasteiger partial charge in [-0.3, -0.25) is 9.59 Å². The first kappa shape index (κ1) is 22.9. The molecule has 0 radical (unpaired) electrons. The van der Waals surface area contributed by atoms with E-state index < -0.39 is 11.6 Å². The topological polar surface area (TPSA) is 137 Å². The lowest BCUT2D eigenvalue weighted by Crippen LogP contribution is -2.54. The zero-order valence-electron chi connectivity index (χ0n) is 19.2. The van der Waals surface area contributed by atoms with Gasteiger partial charge in [-0.1, -0.05) is 29.8 Å². The number of amides is 2. The van der Waals surface area contributed by atoms with Crippen LogP contribution in [0, 0.1) is 0 Å².